The third-order valence-electron chi connectivity index (χ3n) is 3.18. The molecule has 2 N–H and O–H groups in total. The maximum atomic E-state index is 5.34. The molecule has 2 rings (SSSR count). The topological polar surface area (TPSA) is 24.1 Å². The lowest BCUT2D eigenvalue weighted by Crippen LogP contribution is -2.18. The van der Waals surface area contributed by atoms with Crippen molar-refractivity contribution in [1.29, 1.82) is 0 Å². The highest BCUT2D eigenvalue weighted by Gasteiger charge is 2.01. The van der Waals surface area contributed by atoms with Gasteiger partial charge in [0.1, 0.15) is 0 Å². The van der Waals surface area contributed by atoms with E-state index < -0.39 is 0 Å². The molecule has 0 bridgehead atoms. The van der Waals surface area contributed by atoms with Gasteiger partial charge in [-0.1, -0.05) is 26.0 Å². The number of hydrogen-bond acceptors (Lipinski definition) is 2. The van der Waals surface area contributed by atoms with Crippen molar-refractivity contribution in [2.24, 2.45) is 0 Å². The minimum Gasteiger partial charge on any atom is -0.332 e. The van der Waals surface area contributed by atoms with Crippen molar-refractivity contribution < 1.29 is 0 Å². The predicted molar refractivity (Wildman–Crippen MR) is 98.6 cm³/mol. The lowest BCUT2D eigenvalue weighted by molar-refractivity contribution is 0.867. The maximum absolute atomic E-state index is 5.34. The van der Waals surface area contributed by atoms with Crippen LogP contribution in [0.1, 0.15) is 25.3 Å². The van der Waals surface area contributed by atoms with Gasteiger partial charge in [-0.3, -0.25) is 0 Å². The van der Waals surface area contributed by atoms with Crippen LogP contribution in [0.15, 0.2) is 53.4 Å². The third-order valence-corrected chi connectivity index (χ3v) is 4.13. The fourth-order valence-corrected chi connectivity index (χ4v) is 2.56. The normalized spacial score (nSPS) is 10.5. The second-order valence-corrected chi connectivity index (χ2v) is 6.37. The zero-order valence-corrected chi connectivity index (χ0v) is 14.1. The molecule has 0 heterocycles. The van der Waals surface area contributed by atoms with Gasteiger partial charge in [-0.2, -0.15) is 0 Å². The summed E-state index contributed by atoms with van der Waals surface area (Å²) >= 11 is 7.06. The van der Waals surface area contributed by atoms with E-state index in [1.54, 1.807) is 11.8 Å². The Morgan fingerprint density at radius 2 is 1.38 bits per heavy atom. The molecule has 2 aromatic rings. The molecule has 0 amide bonds. The molecule has 0 spiro atoms. The van der Waals surface area contributed by atoms with Crippen molar-refractivity contribution in [3.8, 4) is 0 Å². The highest BCUT2D eigenvalue weighted by atomic mass is 32.2. The monoisotopic (exact) mass is 316 g/mol. The largest absolute Gasteiger partial charge is 0.332 e. The molecule has 0 radical (unpaired) electrons. The molecule has 0 atom stereocenters. The van der Waals surface area contributed by atoms with Gasteiger partial charge in [0.05, 0.1) is 0 Å². The molecule has 2 aromatic carbocycles. The number of nitrogens with one attached hydrogen (secondary N) is 2. The maximum Gasteiger partial charge on any atom is 0.175 e. The molecule has 21 heavy (non-hydrogen) atoms. The van der Waals surface area contributed by atoms with Crippen molar-refractivity contribution in [2.45, 2.75) is 24.7 Å². The average Bonchev–Trinajstić information content (AvgIpc) is 2.48. The van der Waals surface area contributed by atoms with Crippen molar-refractivity contribution >= 4 is 40.5 Å². The molecule has 4 heteroatoms. The smallest absolute Gasteiger partial charge is 0.175 e. The van der Waals surface area contributed by atoms with Gasteiger partial charge in [0, 0.05) is 16.3 Å². The number of rotatable bonds is 4. The summed E-state index contributed by atoms with van der Waals surface area (Å²) < 4.78 is 0. The molecule has 110 valence electrons. The van der Waals surface area contributed by atoms with Crippen molar-refractivity contribution in [3.63, 3.8) is 0 Å². The fraction of sp³-hybridized carbons (Fsp3) is 0.235. The second kappa shape index (κ2) is 7.48. The van der Waals surface area contributed by atoms with E-state index in [1.165, 1.54) is 10.5 Å². The van der Waals surface area contributed by atoms with Crippen molar-refractivity contribution in [2.75, 3.05) is 16.9 Å². The van der Waals surface area contributed by atoms with Crippen LogP contribution in [-0.2, 0) is 0 Å². The Morgan fingerprint density at radius 1 is 0.905 bits per heavy atom. The third kappa shape index (κ3) is 4.76. The number of thiocarbonyl (C=S) groups is 1. The Balaban J connectivity index is 1.94. The van der Waals surface area contributed by atoms with Crippen LogP contribution in [-0.4, -0.2) is 11.4 Å². The summed E-state index contributed by atoms with van der Waals surface area (Å²) in [5.74, 6) is 0.541. The second-order valence-electron chi connectivity index (χ2n) is 5.08. The highest BCUT2D eigenvalue weighted by molar-refractivity contribution is 7.98. The molecule has 0 saturated heterocycles. The van der Waals surface area contributed by atoms with Crippen LogP contribution in [0.25, 0.3) is 0 Å². The van der Waals surface area contributed by atoms with Gasteiger partial charge < -0.3 is 10.6 Å². The van der Waals surface area contributed by atoms with Crippen molar-refractivity contribution in [3.05, 3.63) is 54.1 Å². The number of hydrogen-bond donors (Lipinski definition) is 2. The fourth-order valence-electron chi connectivity index (χ4n) is 1.92. The quantitative estimate of drug-likeness (QED) is 0.587. The van der Waals surface area contributed by atoms with Gasteiger partial charge in [0.2, 0.25) is 0 Å². The lowest BCUT2D eigenvalue weighted by Gasteiger charge is -2.12. The number of anilines is 2. The Labute approximate surface area is 136 Å². The number of benzene rings is 2. The van der Waals surface area contributed by atoms with Crippen LogP contribution in [0.2, 0.25) is 0 Å². The van der Waals surface area contributed by atoms with Crippen LogP contribution < -0.4 is 10.6 Å². The molecule has 0 saturated carbocycles. The minimum absolute atomic E-state index is 0.541. The summed E-state index contributed by atoms with van der Waals surface area (Å²) in [5.41, 5.74) is 3.31. The summed E-state index contributed by atoms with van der Waals surface area (Å²) in [6.07, 6.45) is 2.06. The average molecular weight is 316 g/mol. The van der Waals surface area contributed by atoms with E-state index in [4.69, 9.17) is 12.2 Å². The van der Waals surface area contributed by atoms with E-state index in [0.29, 0.717) is 11.0 Å². The Hall–Kier alpha value is -1.52. The molecule has 0 fully saturated rings. The zero-order chi connectivity index (χ0) is 15.2. The SMILES string of the molecule is CSc1ccc(NC(=S)Nc2ccc(C(C)C)cc2)cc1. The summed E-state index contributed by atoms with van der Waals surface area (Å²) in [6.45, 7) is 4.37. The summed E-state index contributed by atoms with van der Waals surface area (Å²) in [5, 5.41) is 6.99. The first-order chi connectivity index (χ1) is 10.1. The molecular weight excluding hydrogens is 296 g/mol. The van der Waals surface area contributed by atoms with Gasteiger partial charge >= 0.3 is 0 Å². The molecule has 0 aliphatic carbocycles. The molecule has 0 aliphatic rings. The highest BCUT2D eigenvalue weighted by Crippen LogP contribution is 2.19. The summed E-state index contributed by atoms with van der Waals surface area (Å²) in [6, 6.07) is 16.6. The Bertz CT molecular complexity index is 589. The molecule has 0 aromatic heterocycles. The van der Waals surface area contributed by atoms with E-state index in [9.17, 15) is 0 Å². The molecule has 2 nitrogen and oxygen atoms in total. The first-order valence-electron chi connectivity index (χ1n) is 6.90. The first-order valence-corrected chi connectivity index (χ1v) is 8.54. The summed E-state index contributed by atoms with van der Waals surface area (Å²) in [4.78, 5) is 1.24. The molecule has 0 unspecified atom stereocenters. The zero-order valence-electron chi connectivity index (χ0n) is 12.5. The van der Waals surface area contributed by atoms with Gasteiger partial charge in [0.15, 0.2) is 5.11 Å². The standard InChI is InChI=1S/C17H20N2S2/c1-12(2)13-4-6-14(7-5-13)18-17(20)19-15-8-10-16(21-3)11-9-15/h4-12H,1-3H3,(H2,18,19,20). The first kappa shape index (κ1) is 15.9. The van der Waals surface area contributed by atoms with Gasteiger partial charge in [0.25, 0.3) is 0 Å². The van der Waals surface area contributed by atoms with E-state index in [0.717, 1.165) is 11.4 Å². The molecule has 0 aliphatic heterocycles. The van der Waals surface area contributed by atoms with Gasteiger partial charge in [-0.25, -0.2) is 0 Å². The van der Waals surface area contributed by atoms with E-state index >= 15 is 0 Å². The Kier molecular flexibility index (Phi) is 5.65. The van der Waals surface area contributed by atoms with Crippen LogP contribution in [0.4, 0.5) is 11.4 Å². The van der Waals surface area contributed by atoms with Crippen LogP contribution in [0.5, 0.6) is 0 Å². The van der Waals surface area contributed by atoms with Crippen molar-refractivity contribution in [1.82, 2.24) is 0 Å². The van der Waals surface area contributed by atoms with Crippen LogP contribution in [0, 0.1) is 0 Å². The lowest BCUT2D eigenvalue weighted by atomic mass is 10.0. The van der Waals surface area contributed by atoms with E-state index in [1.807, 2.05) is 12.1 Å². The van der Waals surface area contributed by atoms with E-state index in [-0.39, 0.29) is 0 Å². The van der Waals surface area contributed by atoms with Gasteiger partial charge in [-0.05, 0) is 66.4 Å². The van der Waals surface area contributed by atoms with Gasteiger partial charge in [-0.15, -0.1) is 11.8 Å². The van der Waals surface area contributed by atoms with Crippen LogP contribution >= 0.6 is 24.0 Å². The van der Waals surface area contributed by atoms with Crippen LogP contribution in [0.3, 0.4) is 0 Å². The predicted octanol–water partition coefficient (Wildman–Crippen LogP) is 5.34. The van der Waals surface area contributed by atoms with E-state index in [2.05, 4.69) is 67.1 Å². The minimum atomic E-state index is 0.541. The molecular formula is C17H20N2S2. The number of thioether (sulfide) groups is 1. The Morgan fingerprint density at radius 3 is 1.81 bits per heavy atom. The summed E-state index contributed by atoms with van der Waals surface area (Å²) in [7, 11) is 0.